The van der Waals surface area contributed by atoms with E-state index >= 15 is 0 Å². The van der Waals surface area contributed by atoms with E-state index in [2.05, 4.69) is 5.32 Å². The van der Waals surface area contributed by atoms with E-state index in [4.69, 9.17) is 4.74 Å². The standard InChI is InChI=1S/C11H12FNO2/c1-15-8-2-3-9(10(12)5-8)7-4-11(14)13-6-7/h2-3,5,7H,4,6H2,1H3,(H,13,14)/t7-/m0/s1. The van der Waals surface area contributed by atoms with Gasteiger partial charge in [-0.3, -0.25) is 4.79 Å². The number of carbonyl (C=O) groups is 1. The normalized spacial score (nSPS) is 20.1. The predicted octanol–water partition coefficient (Wildman–Crippen LogP) is 1.44. The van der Waals surface area contributed by atoms with Gasteiger partial charge in [0.1, 0.15) is 11.6 Å². The number of ether oxygens (including phenoxy) is 1. The van der Waals surface area contributed by atoms with E-state index in [0.717, 1.165) is 0 Å². The Hall–Kier alpha value is -1.58. The quantitative estimate of drug-likeness (QED) is 0.800. The lowest BCUT2D eigenvalue weighted by atomic mass is 9.97. The molecule has 0 saturated carbocycles. The molecule has 0 aromatic heterocycles. The molecule has 1 atom stereocenters. The number of carbonyl (C=O) groups excluding carboxylic acids is 1. The van der Waals surface area contributed by atoms with Crippen molar-refractivity contribution >= 4 is 5.91 Å². The Morgan fingerprint density at radius 3 is 2.87 bits per heavy atom. The van der Waals surface area contributed by atoms with E-state index in [1.807, 2.05) is 0 Å². The van der Waals surface area contributed by atoms with Crippen molar-refractivity contribution in [2.75, 3.05) is 13.7 Å². The van der Waals surface area contributed by atoms with Crippen LogP contribution in [0.4, 0.5) is 4.39 Å². The Balaban J connectivity index is 2.25. The molecule has 1 saturated heterocycles. The molecule has 2 rings (SSSR count). The molecule has 0 unspecified atom stereocenters. The van der Waals surface area contributed by atoms with E-state index in [1.54, 1.807) is 12.1 Å². The highest BCUT2D eigenvalue weighted by Crippen LogP contribution is 2.27. The van der Waals surface area contributed by atoms with Gasteiger partial charge in [0.2, 0.25) is 5.91 Å². The van der Waals surface area contributed by atoms with Gasteiger partial charge in [0.25, 0.3) is 0 Å². The highest BCUT2D eigenvalue weighted by molar-refractivity contribution is 5.79. The maximum atomic E-state index is 13.6. The average molecular weight is 209 g/mol. The lowest BCUT2D eigenvalue weighted by Crippen LogP contribution is -2.13. The van der Waals surface area contributed by atoms with Crippen molar-refractivity contribution in [2.24, 2.45) is 0 Å². The summed E-state index contributed by atoms with van der Waals surface area (Å²) in [4.78, 5) is 11.0. The summed E-state index contributed by atoms with van der Waals surface area (Å²) in [6, 6.07) is 4.73. The molecule has 1 heterocycles. The first kappa shape index (κ1) is 9.96. The number of halogens is 1. The van der Waals surface area contributed by atoms with Crippen LogP contribution in [0.2, 0.25) is 0 Å². The minimum atomic E-state index is -0.309. The van der Waals surface area contributed by atoms with Crippen LogP contribution in [0.15, 0.2) is 18.2 Å². The second-order valence-corrected chi connectivity index (χ2v) is 3.59. The fourth-order valence-corrected chi connectivity index (χ4v) is 1.79. The van der Waals surface area contributed by atoms with Crippen molar-refractivity contribution < 1.29 is 13.9 Å². The van der Waals surface area contributed by atoms with Gasteiger partial charge in [0.05, 0.1) is 7.11 Å². The van der Waals surface area contributed by atoms with Crippen LogP contribution in [-0.2, 0) is 4.79 Å². The predicted molar refractivity (Wildman–Crippen MR) is 53.3 cm³/mol. The number of hydrogen-bond donors (Lipinski definition) is 1. The van der Waals surface area contributed by atoms with E-state index in [0.29, 0.717) is 24.3 Å². The van der Waals surface area contributed by atoms with E-state index in [1.165, 1.54) is 13.2 Å². The molecule has 0 radical (unpaired) electrons. The van der Waals surface area contributed by atoms with Crippen molar-refractivity contribution in [1.29, 1.82) is 0 Å². The van der Waals surface area contributed by atoms with Gasteiger partial charge < -0.3 is 10.1 Å². The van der Waals surface area contributed by atoms with E-state index in [-0.39, 0.29) is 17.6 Å². The highest BCUT2D eigenvalue weighted by Gasteiger charge is 2.25. The fourth-order valence-electron chi connectivity index (χ4n) is 1.79. The molecule has 1 N–H and O–H groups in total. The number of amides is 1. The van der Waals surface area contributed by atoms with Crippen LogP contribution < -0.4 is 10.1 Å². The van der Waals surface area contributed by atoms with Gasteiger partial charge in [0.15, 0.2) is 0 Å². The Bertz CT molecular complexity index is 392. The number of benzene rings is 1. The Morgan fingerprint density at radius 1 is 1.53 bits per heavy atom. The van der Waals surface area contributed by atoms with Gasteiger partial charge in [-0.05, 0) is 11.6 Å². The molecule has 4 heteroatoms. The third-order valence-corrected chi connectivity index (χ3v) is 2.62. The largest absolute Gasteiger partial charge is 0.497 e. The molecular weight excluding hydrogens is 197 g/mol. The summed E-state index contributed by atoms with van der Waals surface area (Å²) in [7, 11) is 1.50. The molecule has 1 amide bonds. The third kappa shape index (κ3) is 1.93. The zero-order chi connectivity index (χ0) is 10.8. The number of rotatable bonds is 2. The van der Waals surface area contributed by atoms with E-state index < -0.39 is 0 Å². The zero-order valence-electron chi connectivity index (χ0n) is 8.42. The molecule has 1 fully saturated rings. The molecule has 1 aliphatic heterocycles. The molecule has 15 heavy (non-hydrogen) atoms. The molecule has 0 aliphatic carbocycles. The lowest BCUT2D eigenvalue weighted by Gasteiger charge is -2.09. The van der Waals surface area contributed by atoms with E-state index in [9.17, 15) is 9.18 Å². The maximum absolute atomic E-state index is 13.6. The Labute approximate surface area is 87.2 Å². The van der Waals surface area contributed by atoms with Crippen LogP contribution >= 0.6 is 0 Å². The summed E-state index contributed by atoms with van der Waals surface area (Å²) >= 11 is 0. The van der Waals surface area contributed by atoms with Crippen LogP contribution in [0.25, 0.3) is 0 Å². The zero-order valence-corrected chi connectivity index (χ0v) is 8.42. The van der Waals surface area contributed by atoms with Crippen LogP contribution in [0, 0.1) is 5.82 Å². The van der Waals surface area contributed by atoms with Crippen molar-refractivity contribution in [2.45, 2.75) is 12.3 Å². The van der Waals surface area contributed by atoms with Crippen molar-refractivity contribution in [3.8, 4) is 5.75 Å². The minimum absolute atomic E-state index is 0.0183. The fraction of sp³-hybridized carbons (Fsp3) is 0.364. The molecule has 0 bridgehead atoms. The van der Waals surface area contributed by atoms with Crippen LogP contribution in [-0.4, -0.2) is 19.6 Å². The lowest BCUT2D eigenvalue weighted by molar-refractivity contribution is -0.119. The number of methoxy groups -OCH3 is 1. The van der Waals surface area contributed by atoms with Gasteiger partial charge in [-0.2, -0.15) is 0 Å². The van der Waals surface area contributed by atoms with Gasteiger partial charge in [-0.1, -0.05) is 6.07 Å². The number of hydrogen-bond acceptors (Lipinski definition) is 2. The first-order chi connectivity index (χ1) is 7.20. The molecule has 1 aliphatic rings. The molecule has 1 aromatic rings. The molecular formula is C11H12FNO2. The summed E-state index contributed by atoms with van der Waals surface area (Å²) < 4.78 is 18.5. The van der Waals surface area contributed by atoms with Gasteiger partial charge >= 0.3 is 0 Å². The Morgan fingerprint density at radius 2 is 2.33 bits per heavy atom. The summed E-state index contributed by atoms with van der Waals surface area (Å²) in [5, 5.41) is 2.69. The minimum Gasteiger partial charge on any atom is -0.497 e. The summed E-state index contributed by atoms with van der Waals surface area (Å²) in [5.74, 6) is 0.114. The first-order valence-corrected chi connectivity index (χ1v) is 4.81. The summed E-state index contributed by atoms with van der Waals surface area (Å²) in [6.07, 6.45) is 0.364. The number of nitrogens with one attached hydrogen (secondary N) is 1. The topological polar surface area (TPSA) is 38.3 Å². The second kappa shape index (κ2) is 3.88. The summed E-state index contributed by atoms with van der Waals surface area (Å²) in [5.41, 5.74) is 0.578. The molecule has 3 nitrogen and oxygen atoms in total. The molecule has 0 spiro atoms. The summed E-state index contributed by atoms with van der Waals surface area (Å²) in [6.45, 7) is 0.516. The maximum Gasteiger partial charge on any atom is 0.220 e. The SMILES string of the molecule is COc1ccc([C@@H]2CNC(=O)C2)c(F)c1. The average Bonchev–Trinajstić information content (AvgIpc) is 2.64. The Kier molecular flexibility index (Phi) is 2.58. The monoisotopic (exact) mass is 209 g/mol. The smallest absolute Gasteiger partial charge is 0.220 e. The van der Waals surface area contributed by atoms with Crippen LogP contribution in [0.3, 0.4) is 0 Å². The van der Waals surface area contributed by atoms with Gasteiger partial charge in [-0.25, -0.2) is 4.39 Å². The second-order valence-electron chi connectivity index (χ2n) is 3.59. The first-order valence-electron chi connectivity index (χ1n) is 4.81. The van der Waals surface area contributed by atoms with Crippen molar-refractivity contribution in [3.05, 3.63) is 29.6 Å². The van der Waals surface area contributed by atoms with Gasteiger partial charge in [-0.15, -0.1) is 0 Å². The van der Waals surface area contributed by atoms with Crippen molar-refractivity contribution in [1.82, 2.24) is 5.32 Å². The highest BCUT2D eigenvalue weighted by atomic mass is 19.1. The molecule has 1 aromatic carbocycles. The van der Waals surface area contributed by atoms with Crippen LogP contribution in [0.5, 0.6) is 5.75 Å². The van der Waals surface area contributed by atoms with Crippen LogP contribution in [0.1, 0.15) is 17.9 Å². The van der Waals surface area contributed by atoms with Gasteiger partial charge in [0, 0.05) is 24.9 Å². The molecule has 80 valence electrons. The van der Waals surface area contributed by atoms with Crippen molar-refractivity contribution in [3.63, 3.8) is 0 Å². The third-order valence-electron chi connectivity index (χ3n) is 2.62.